The predicted octanol–water partition coefficient (Wildman–Crippen LogP) is 4.78. The minimum Gasteiger partial charge on any atom is -0.384 e. The average Bonchev–Trinajstić information content (AvgIpc) is 2.42. The first-order valence-electron chi connectivity index (χ1n) is 8.20. The van der Waals surface area contributed by atoms with Crippen molar-refractivity contribution >= 4 is 46.7 Å². The fourth-order valence-corrected chi connectivity index (χ4v) is 5.58. The molecule has 0 fully saturated rings. The fraction of sp³-hybridized carbons (Fsp3) is 0.611. The number of nitrogens with zero attached hydrogens (tertiary/aromatic N) is 1. The number of halogens is 2. The molecule has 0 aromatic heterocycles. The second-order valence-corrected chi connectivity index (χ2v) is 14.3. The Morgan fingerprint density at radius 1 is 1.33 bits per heavy atom. The highest BCUT2D eigenvalue weighted by Gasteiger charge is 2.31. The molecule has 24 heavy (non-hydrogen) atoms. The Bertz CT molecular complexity index is 599. The lowest BCUT2D eigenvalue weighted by Gasteiger charge is -2.33. The van der Waals surface area contributed by atoms with E-state index in [9.17, 15) is 4.79 Å². The normalized spacial score (nSPS) is 12.4. The average molecular weight is 435 g/mol. The quantitative estimate of drug-likeness (QED) is 0.578. The fourth-order valence-electron chi connectivity index (χ4n) is 2.82. The highest BCUT2D eigenvalue weighted by Crippen LogP contribution is 2.26. The summed E-state index contributed by atoms with van der Waals surface area (Å²) >= 11 is 10.00. The molecule has 0 saturated heterocycles. The van der Waals surface area contributed by atoms with Crippen LogP contribution in [-0.4, -0.2) is 45.7 Å². The lowest BCUT2D eigenvalue weighted by molar-refractivity contribution is 0.0526. The van der Waals surface area contributed by atoms with Gasteiger partial charge in [-0.3, -0.25) is 4.79 Å². The third-order valence-electron chi connectivity index (χ3n) is 3.90. The topological polar surface area (TPSA) is 29.5 Å². The van der Waals surface area contributed by atoms with Crippen molar-refractivity contribution in [1.29, 1.82) is 0 Å². The number of amides is 1. The van der Waals surface area contributed by atoms with Crippen molar-refractivity contribution in [2.45, 2.75) is 40.4 Å². The first kappa shape index (κ1) is 21.7. The van der Waals surface area contributed by atoms with Gasteiger partial charge in [0.05, 0.1) is 25.3 Å². The van der Waals surface area contributed by atoms with E-state index in [4.69, 9.17) is 16.3 Å². The summed E-state index contributed by atoms with van der Waals surface area (Å²) in [6.45, 7) is 14.8. The van der Waals surface area contributed by atoms with Crippen LogP contribution in [0.25, 0.3) is 0 Å². The number of rotatable bonds is 7. The minimum absolute atomic E-state index is 0.0107. The van der Waals surface area contributed by atoms with E-state index in [1.165, 1.54) is 0 Å². The molecule has 0 unspecified atom stereocenters. The summed E-state index contributed by atoms with van der Waals surface area (Å²) in [7, 11) is -0.0333. The summed E-state index contributed by atoms with van der Waals surface area (Å²) in [6.07, 6.45) is 0. The monoisotopic (exact) mass is 433 g/mol. The maximum absolute atomic E-state index is 13.3. The van der Waals surface area contributed by atoms with Crippen molar-refractivity contribution < 1.29 is 9.53 Å². The van der Waals surface area contributed by atoms with Crippen LogP contribution >= 0.6 is 27.5 Å². The van der Waals surface area contributed by atoms with Crippen LogP contribution in [0.5, 0.6) is 0 Å². The molecule has 0 atom stereocenters. The van der Waals surface area contributed by atoms with Crippen LogP contribution in [-0.2, 0) is 4.74 Å². The van der Waals surface area contributed by atoms with Gasteiger partial charge in [0.25, 0.3) is 5.91 Å². The van der Waals surface area contributed by atoms with Gasteiger partial charge in [-0.05, 0) is 24.2 Å². The van der Waals surface area contributed by atoms with Gasteiger partial charge in [0.15, 0.2) is 0 Å². The van der Waals surface area contributed by atoms with Crippen molar-refractivity contribution in [2.75, 3.05) is 26.8 Å². The summed E-state index contributed by atoms with van der Waals surface area (Å²) in [6, 6.07) is 3.87. The van der Waals surface area contributed by atoms with E-state index in [1.54, 1.807) is 7.11 Å². The Balaban J connectivity index is 3.31. The van der Waals surface area contributed by atoms with Crippen LogP contribution in [0.15, 0.2) is 16.6 Å². The molecule has 1 aromatic rings. The summed E-state index contributed by atoms with van der Waals surface area (Å²) < 4.78 is 6.21. The molecular formula is C18H29BrClNO2Si. The zero-order valence-electron chi connectivity index (χ0n) is 15.8. The van der Waals surface area contributed by atoms with E-state index in [0.717, 1.165) is 9.66 Å². The zero-order chi connectivity index (χ0) is 18.7. The van der Waals surface area contributed by atoms with Gasteiger partial charge < -0.3 is 9.64 Å². The summed E-state index contributed by atoms with van der Waals surface area (Å²) in [5.74, 6) is 0.0107. The number of hydrogen-bond acceptors (Lipinski definition) is 2. The number of methoxy groups -OCH3 is 1. The standard InChI is InChI=1S/C18H29BrClNO2Si/c1-8-21(11-18(2,3)12-23-4)17(22)16-14(20)9-13(19)10-15(16)24(5,6)7/h9-10H,8,11-12H2,1-7H3. The third kappa shape index (κ3) is 5.58. The Morgan fingerprint density at radius 3 is 2.38 bits per heavy atom. The lowest BCUT2D eigenvalue weighted by atomic mass is 9.93. The molecule has 6 heteroatoms. The van der Waals surface area contributed by atoms with Crippen molar-refractivity contribution in [2.24, 2.45) is 5.41 Å². The highest BCUT2D eigenvalue weighted by molar-refractivity contribution is 9.10. The molecule has 0 aliphatic rings. The molecule has 0 bridgehead atoms. The van der Waals surface area contributed by atoms with Gasteiger partial charge in [-0.15, -0.1) is 0 Å². The van der Waals surface area contributed by atoms with E-state index in [-0.39, 0.29) is 11.3 Å². The second-order valence-electron chi connectivity index (χ2n) is 7.98. The van der Waals surface area contributed by atoms with Gasteiger partial charge >= 0.3 is 0 Å². The summed E-state index contributed by atoms with van der Waals surface area (Å²) in [5, 5.41) is 1.62. The highest BCUT2D eigenvalue weighted by atomic mass is 79.9. The van der Waals surface area contributed by atoms with Gasteiger partial charge in [0.2, 0.25) is 0 Å². The Hall–Kier alpha value is -0.363. The van der Waals surface area contributed by atoms with Crippen LogP contribution in [0, 0.1) is 5.41 Å². The lowest BCUT2D eigenvalue weighted by Crippen LogP contribution is -2.47. The number of benzene rings is 1. The van der Waals surface area contributed by atoms with E-state index in [0.29, 0.717) is 30.3 Å². The van der Waals surface area contributed by atoms with Gasteiger partial charge in [-0.25, -0.2) is 0 Å². The van der Waals surface area contributed by atoms with Crippen molar-refractivity contribution in [3.8, 4) is 0 Å². The maximum atomic E-state index is 13.3. The molecule has 1 amide bonds. The summed E-state index contributed by atoms with van der Waals surface area (Å²) in [5.41, 5.74) is 0.552. The largest absolute Gasteiger partial charge is 0.384 e. The van der Waals surface area contributed by atoms with Gasteiger partial charge in [0, 0.05) is 30.1 Å². The molecule has 0 aliphatic heterocycles. The first-order valence-corrected chi connectivity index (χ1v) is 12.9. The Morgan fingerprint density at radius 2 is 1.92 bits per heavy atom. The van der Waals surface area contributed by atoms with E-state index < -0.39 is 8.07 Å². The summed E-state index contributed by atoms with van der Waals surface area (Å²) in [4.78, 5) is 15.1. The van der Waals surface area contributed by atoms with Gasteiger partial charge in [0.1, 0.15) is 0 Å². The Kier molecular flexibility index (Phi) is 7.54. The number of hydrogen-bond donors (Lipinski definition) is 0. The Labute approximate surface area is 160 Å². The maximum Gasteiger partial charge on any atom is 0.255 e. The van der Waals surface area contributed by atoms with E-state index in [2.05, 4.69) is 55.5 Å². The molecule has 0 aliphatic carbocycles. The molecule has 1 aromatic carbocycles. The molecule has 3 nitrogen and oxygen atoms in total. The number of carbonyl (C=O) groups is 1. The van der Waals surface area contributed by atoms with Crippen LogP contribution in [0.2, 0.25) is 24.7 Å². The number of ether oxygens (including phenoxy) is 1. The van der Waals surface area contributed by atoms with Gasteiger partial charge in [-0.1, -0.05) is 61.0 Å². The van der Waals surface area contributed by atoms with Crippen LogP contribution in [0.1, 0.15) is 31.1 Å². The first-order chi connectivity index (χ1) is 10.9. The van der Waals surface area contributed by atoms with Crippen molar-refractivity contribution in [1.82, 2.24) is 4.90 Å². The SMILES string of the molecule is CCN(CC(C)(C)COC)C(=O)c1c(Cl)cc(Br)cc1[Si](C)(C)C. The molecule has 0 spiro atoms. The molecule has 0 N–H and O–H groups in total. The predicted molar refractivity (Wildman–Crippen MR) is 109 cm³/mol. The van der Waals surface area contributed by atoms with Crippen molar-refractivity contribution in [3.05, 3.63) is 27.2 Å². The minimum atomic E-state index is -1.72. The third-order valence-corrected chi connectivity index (χ3v) is 6.67. The second kappa shape index (κ2) is 8.34. The molecule has 0 saturated carbocycles. The molecular weight excluding hydrogens is 406 g/mol. The zero-order valence-corrected chi connectivity index (χ0v) is 19.1. The van der Waals surface area contributed by atoms with Crippen LogP contribution in [0.4, 0.5) is 0 Å². The van der Waals surface area contributed by atoms with Gasteiger partial charge in [-0.2, -0.15) is 0 Å². The van der Waals surface area contributed by atoms with Crippen LogP contribution in [0.3, 0.4) is 0 Å². The smallest absolute Gasteiger partial charge is 0.255 e. The molecule has 0 radical (unpaired) electrons. The van der Waals surface area contributed by atoms with Crippen molar-refractivity contribution in [3.63, 3.8) is 0 Å². The number of carbonyl (C=O) groups excluding carboxylic acids is 1. The van der Waals surface area contributed by atoms with Crippen LogP contribution < -0.4 is 5.19 Å². The molecule has 136 valence electrons. The van der Waals surface area contributed by atoms with E-state index in [1.807, 2.05) is 17.9 Å². The van der Waals surface area contributed by atoms with E-state index >= 15 is 0 Å². The molecule has 0 heterocycles. The molecule has 1 rings (SSSR count).